The van der Waals surface area contributed by atoms with E-state index in [1.165, 1.54) is 35.2 Å². The van der Waals surface area contributed by atoms with Gasteiger partial charge >= 0.3 is 0 Å². The number of phenols is 1. The number of anilines is 1. The summed E-state index contributed by atoms with van der Waals surface area (Å²) in [6.07, 6.45) is 4.35. The number of hydrogen-bond donors (Lipinski definition) is 2. The number of allylic oxidation sites excluding steroid dienone is 3. The highest BCUT2D eigenvalue weighted by Crippen LogP contribution is 2.63. The number of likely N-dealkylation sites (tertiary alicyclic amines) is 1. The predicted octanol–water partition coefficient (Wildman–Crippen LogP) is 6.32. The zero-order chi connectivity index (χ0) is 35.3. The van der Waals surface area contributed by atoms with Gasteiger partial charge in [-0.2, -0.15) is 5.01 Å². The summed E-state index contributed by atoms with van der Waals surface area (Å²) in [5, 5.41) is 11.8. The van der Waals surface area contributed by atoms with Crippen LogP contribution < -0.4 is 10.2 Å². The molecule has 3 heterocycles. The molecule has 2 N–H and O–H groups in total. The molecule has 3 aliphatic heterocycles. The number of aromatic hydroxyl groups is 1. The molecule has 50 heavy (non-hydrogen) atoms. The van der Waals surface area contributed by atoms with Crippen molar-refractivity contribution in [3.8, 4) is 11.5 Å². The van der Waals surface area contributed by atoms with E-state index in [-0.39, 0.29) is 24.0 Å². The minimum atomic E-state index is -1.51. The average molecular weight is 696 g/mol. The van der Waals surface area contributed by atoms with Crippen LogP contribution >= 0.6 is 11.6 Å². The lowest BCUT2D eigenvalue weighted by Crippen LogP contribution is -2.55. The molecule has 6 atom stereocenters. The van der Waals surface area contributed by atoms with Crippen LogP contribution in [0.25, 0.3) is 0 Å². The lowest BCUT2D eigenvalue weighted by atomic mass is 9.48. The Hall–Kier alpha value is -4.96. The first kappa shape index (κ1) is 32.3. The second-order valence-corrected chi connectivity index (χ2v) is 15.3. The first-order valence-electron chi connectivity index (χ1n) is 16.7. The lowest BCUT2D eigenvalue weighted by molar-refractivity contribution is -0.146. The van der Waals surface area contributed by atoms with Crippen LogP contribution in [0.3, 0.4) is 0 Å². The van der Waals surface area contributed by atoms with Crippen molar-refractivity contribution in [3.63, 3.8) is 0 Å². The number of halogens is 2. The Kier molecular flexibility index (Phi) is 7.28. The third-order valence-electron chi connectivity index (χ3n) is 11.1. The Morgan fingerprint density at radius 3 is 2.36 bits per heavy atom. The molecule has 11 heteroatoms. The van der Waals surface area contributed by atoms with Gasteiger partial charge in [0.1, 0.15) is 17.3 Å². The Morgan fingerprint density at radius 2 is 1.66 bits per heavy atom. The summed E-state index contributed by atoms with van der Waals surface area (Å²) in [7, 11) is 0. The summed E-state index contributed by atoms with van der Waals surface area (Å²) < 4.78 is 20.0. The van der Waals surface area contributed by atoms with Gasteiger partial charge in [0, 0.05) is 28.5 Å². The number of imide groups is 2. The van der Waals surface area contributed by atoms with Crippen LogP contribution in [0.15, 0.2) is 90.2 Å². The smallest absolute Gasteiger partial charge is 0.260 e. The average Bonchev–Trinajstić information content (AvgIpc) is 3.46. The van der Waals surface area contributed by atoms with Gasteiger partial charge in [-0.05, 0) is 105 Å². The number of carbonyl (C=O) groups excluding carboxylic acids is 4. The van der Waals surface area contributed by atoms with E-state index in [9.17, 15) is 23.9 Å². The van der Waals surface area contributed by atoms with Crippen LogP contribution in [-0.4, -0.2) is 44.2 Å². The molecule has 3 aromatic carbocycles. The van der Waals surface area contributed by atoms with Crippen molar-refractivity contribution in [2.24, 2.45) is 29.6 Å². The number of phenolic OH excluding ortho intramolecular Hbond substituents is 1. The zero-order valence-electron chi connectivity index (χ0n) is 27.7. The molecule has 2 aliphatic carbocycles. The molecular weight excluding hydrogens is 661 g/mol. The summed E-state index contributed by atoms with van der Waals surface area (Å²) in [4.78, 5) is 59.5. The first-order chi connectivity index (χ1) is 23.8. The van der Waals surface area contributed by atoms with Gasteiger partial charge in [-0.3, -0.25) is 29.5 Å². The third-order valence-corrected chi connectivity index (χ3v) is 11.3. The van der Waals surface area contributed by atoms with Gasteiger partial charge < -0.3 is 9.84 Å². The van der Waals surface area contributed by atoms with Crippen LogP contribution in [0, 0.1) is 35.4 Å². The fourth-order valence-corrected chi connectivity index (χ4v) is 9.26. The minimum Gasteiger partial charge on any atom is -0.508 e. The van der Waals surface area contributed by atoms with Gasteiger partial charge in [0.15, 0.2) is 0 Å². The largest absolute Gasteiger partial charge is 0.508 e. The SMILES string of the molecule is CC(C)(C)N1C(=O)[C@H]2[C@H](CC=C3[C@H](C4=COc5ccc(O)cc5C4)[C@]4(c5ccc(Cl)cc5)C(=O)N(Nc5ccc(F)cc5)C(=O)[C@@H]4C[C@H]32)C1=O. The van der Waals surface area contributed by atoms with Crippen molar-refractivity contribution in [1.82, 2.24) is 9.91 Å². The normalized spacial score (nSPS) is 28.7. The maximum atomic E-state index is 15.3. The van der Waals surface area contributed by atoms with Crippen LogP contribution in [0.4, 0.5) is 10.1 Å². The number of hydrazine groups is 1. The van der Waals surface area contributed by atoms with Gasteiger partial charge in [-0.15, -0.1) is 0 Å². The second kappa shape index (κ2) is 11.3. The highest BCUT2D eigenvalue weighted by atomic mass is 35.5. The Bertz CT molecular complexity index is 2040. The minimum absolute atomic E-state index is 0.0549. The predicted molar refractivity (Wildman–Crippen MR) is 182 cm³/mol. The number of carbonyl (C=O) groups is 4. The standard InChI is InChI=1S/C39H35ClFN3O6/c1-38(2,3)43-34(46)28-14-13-27-29(32(28)36(43)48)18-30-35(47)44(42-25-10-8-24(41)9-11-25)37(49)39(30,22-4-6-23(40)7-5-22)33(27)21-16-20-17-26(45)12-15-31(20)50-19-21/h4-13,15,17,19,28-30,32-33,42,45H,14,16,18H2,1-3H3/t28-,29+,30-,32-,33-,39+/m0/s1. The molecule has 0 bridgehead atoms. The Morgan fingerprint density at radius 1 is 0.940 bits per heavy atom. The van der Waals surface area contributed by atoms with Gasteiger partial charge in [0.25, 0.3) is 11.8 Å². The van der Waals surface area contributed by atoms with Crippen molar-refractivity contribution < 1.29 is 33.4 Å². The van der Waals surface area contributed by atoms with Crippen LogP contribution in [0.1, 0.15) is 44.7 Å². The number of nitrogens with zero attached hydrogens (tertiary/aromatic N) is 2. The number of hydrogen-bond acceptors (Lipinski definition) is 7. The highest BCUT2D eigenvalue weighted by Gasteiger charge is 2.71. The van der Waals surface area contributed by atoms with Gasteiger partial charge in [-0.25, -0.2) is 4.39 Å². The molecule has 0 aromatic heterocycles. The van der Waals surface area contributed by atoms with E-state index in [0.29, 0.717) is 46.0 Å². The van der Waals surface area contributed by atoms with E-state index in [1.807, 2.05) is 26.8 Å². The first-order valence-corrected chi connectivity index (χ1v) is 17.1. The number of rotatable bonds is 4. The summed E-state index contributed by atoms with van der Waals surface area (Å²) in [6, 6.07) is 17.1. The van der Waals surface area contributed by atoms with Crippen molar-refractivity contribution in [1.29, 1.82) is 0 Å². The number of benzene rings is 3. The van der Waals surface area contributed by atoms with E-state index >= 15 is 4.79 Å². The van der Waals surface area contributed by atoms with Gasteiger partial charge in [0.2, 0.25) is 11.8 Å². The second-order valence-electron chi connectivity index (χ2n) is 14.8. The fraction of sp³-hybridized carbons (Fsp3) is 0.333. The summed E-state index contributed by atoms with van der Waals surface area (Å²) >= 11 is 6.37. The lowest BCUT2D eigenvalue weighted by Gasteiger charge is -2.51. The monoisotopic (exact) mass is 695 g/mol. The van der Waals surface area contributed by atoms with Gasteiger partial charge in [-0.1, -0.05) is 35.4 Å². The van der Waals surface area contributed by atoms with Gasteiger partial charge in [0.05, 0.1) is 35.1 Å². The fourth-order valence-electron chi connectivity index (χ4n) is 9.13. The molecule has 0 unspecified atom stereocenters. The van der Waals surface area contributed by atoms with Crippen molar-refractivity contribution in [2.75, 3.05) is 5.43 Å². The van der Waals surface area contributed by atoms with E-state index in [1.54, 1.807) is 42.7 Å². The number of amides is 4. The summed E-state index contributed by atoms with van der Waals surface area (Å²) in [5.41, 5.74) is 3.80. The molecule has 3 fully saturated rings. The molecule has 8 rings (SSSR count). The molecule has 1 saturated carbocycles. The van der Waals surface area contributed by atoms with E-state index in [0.717, 1.165) is 10.6 Å². The van der Waals surface area contributed by atoms with Crippen molar-refractivity contribution in [2.45, 2.75) is 51.0 Å². The molecule has 5 aliphatic rings. The molecule has 4 amide bonds. The van der Waals surface area contributed by atoms with E-state index < -0.39 is 58.2 Å². The number of nitrogens with one attached hydrogen (secondary N) is 1. The Labute approximate surface area is 293 Å². The molecular formula is C39H35ClFN3O6. The van der Waals surface area contributed by atoms with Crippen LogP contribution in [-0.2, 0) is 31.0 Å². The van der Waals surface area contributed by atoms with Crippen molar-refractivity contribution >= 4 is 40.9 Å². The molecule has 0 spiro atoms. The molecule has 9 nitrogen and oxygen atoms in total. The molecule has 0 radical (unpaired) electrons. The summed E-state index contributed by atoms with van der Waals surface area (Å²) in [6.45, 7) is 5.50. The zero-order valence-corrected chi connectivity index (χ0v) is 28.4. The molecule has 2 saturated heterocycles. The van der Waals surface area contributed by atoms with E-state index in [4.69, 9.17) is 16.3 Å². The quantitative estimate of drug-likeness (QED) is 0.243. The van der Waals surface area contributed by atoms with Crippen LogP contribution in [0.5, 0.6) is 11.5 Å². The molecule has 256 valence electrons. The maximum Gasteiger partial charge on any atom is 0.260 e. The van der Waals surface area contributed by atoms with Crippen molar-refractivity contribution in [3.05, 3.63) is 112 Å². The summed E-state index contributed by atoms with van der Waals surface area (Å²) in [5.74, 6) is -4.94. The number of ether oxygens (including phenoxy) is 1. The number of fused-ring (bicyclic) bond motifs is 5. The third kappa shape index (κ3) is 4.64. The topological polar surface area (TPSA) is 116 Å². The Balaban J connectivity index is 1.34. The maximum absolute atomic E-state index is 15.3. The highest BCUT2D eigenvalue weighted by molar-refractivity contribution is 6.30. The molecule has 3 aromatic rings. The van der Waals surface area contributed by atoms with E-state index in [2.05, 4.69) is 5.43 Å². The van der Waals surface area contributed by atoms with Crippen LogP contribution in [0.2, 0.25) is 5.02 Å².